The quantitative estimate of drug-likeness (QED) is 0.145. The molecule has 2 saturated heterocycles. The summed E-state index contributed by atoms with van der Waals surface area (Å²) in [6, 6.07) is -1.17. The Morgan fingerprint density at radius 1 is 0.847 bits per heavy atom. The topological polar surface area (TPSA) is 208 Å². The molecule has 0 spiro atoms. The number of esters is 1. The predicted octanol–water partition coefficient (Wildman–Crippen LogP) is 7.48. The van der Waals surface area contributed by atoms with Gasteiger partial charge in [-0.1, -0.05) is 71.1 Å². The molecule has 3 aliphatic heterocycles. The number of carbonyl (C=O) groups excluding carboxylic acids is 5. The van der Waals surface area contributed by atoms with E-state index in [1.54, 1.807) is 39.1 Å². The summed E-state index contributed by atoms with van der Waals surface area (Å²) in [5, 5.41) is 23.8. The fourth-order valence-electron chi connectivity index (χ4n) is 11.2. The first-order chi connectivity index (χ1) is 34.2. The number of carbonyl (C=O) groups is 5. The molecule has 0 unspecified atom stereocenters. The number of aromatic nitrogens is 4. The molecule has 0 aromatic carbocycles. The van der Waals surface area contributed by atoms with E-state index in [4.69, 9.17) is 28.4 Å². The van der Waals surface area contributed by atoms with E-state index in [2.05, 4.69) is 22.4 Å². The summed E-state index contributed by atoms with van der Waals surface area (Å²) < 4.78 is 38.5. The largest absolute Gasteiger partial charge is 0.460 e. The van der Waals surface area contributed by atoms with E-state index < -0.39 is 71.8 Å². The van der Waals surface area contributed by atoms with Gasteiger partial charge in [0, 0.05) is 58.5 Å². The Kier molecular flexibility index (Phi) is 22.2. The van der Waals surface area contributed by atoms with Crippen molar-refractivity contribution >= 4 is 29.2 Å². The van der Waals surface area contributed by atoms with Gasteiger partial charge < -0.3 is 38.4 Å². The molecule has 4 heterocycles. The van der Waals surface area contributed by atoms with Gasteiger partial charge >= 0.3 is 5.97 Å². The number of ether oxygens (including phenoxy) is 6. The first kappa shape index (κ1) is 58.6. The third-order valence-electron chi connectivity index (χ3n) is 15.6. The summed E-state index contributed by atoms with van der Waals surface area (Å²) in [5.41, 5.74) is 1.56. The Morgan fingerprint density at radius 2 is 1.60 bits per heavy atom. The normalized spacial score (nSPS) is 37.7. The van der Waals surface area contributed by atoms with Crippen LogP contribution in [0.25, 0.3) is 0 Å². The third kappa shape index (κ3) is 15.2. The number of nitrogens with zero attached hydrogens (tertiary/aromatic N) is 5. The molecule has 1 amide bonds. The van der Waals surface area contributed by atoms with E-state index >= 15 is 0 Å². The van der Waals surface area contributed by atoms with Crippen molar-refractivity contribution in [1.29, 1.82) is 0 Å². The number of allylic oxidation sites excluding steroid dienone is 6. The number of rotatable bonds is 9. The molecule has 17 heteroatoms. The van der Waals surface area contributed by atoms with Crippen molar-refractivity contribution in [2.45, 2.75) is 200 Å². The highest BCUT2D eigenvalue weighted by atomic mass is 16.6. The highest BCUT2D eigenvalue weighted by Crippen LogP contribution is 2.39. The minimum atomic E-state index is -2.43. The summed E-state index contributed by atoms with van der Waals surface area (Å²) in [7, 11) is 4.76. The van der Waals surface area contributed by atoms with Crippen molar-refractivity contribution in [1.82, 2.24) is 25.1 Å². The molecule has 5 rings (SSSR count). The van der Waals surface area contributed by atoms with E-state index in [0.29, 0.717) is 56.9 Å². The summed E-state index contributed by atoms with van der Waals surface area (Å²) in [6.45, 7) is 17.1. The van der Waals surface area contributed by atoms with Crippen LogP contribution in [0.15, 0.2) is 53.9 Å². The van der Waals surface area contributed by atoms with Crippen LogP contribution in [0.1, 0.15) is 145 Å². The number of hydrogen-bond acceptors (Lipinski definition) is 15. The Morgan fingerprint density at radius 3 is 2.26 bits per heavy atom. The van der Waals surface area contributed by atoms with Gasteiger partial charge in [-0.3, -0.25) is 19.2 Å². The van der Waals surface area contributed by atoms with Crippen LogP contribution in [-0.4, -0.2) is 142 Å². The molecule has 17 nitrogen and oxygen atoms in total. The van der Waals surface area contributed by atoms with Gasteiger partial charge in [-0.25, -0.2) is 9.48 Å². The van der Waals surface area contributed by atoms with Crippen LogP contribution in [0.4, 0.5) is 0 Å². The van der Waals surface area contributed by atoms with Crippen molar-refractivity contribution in [2.75, 3.05) is 27.9 Å². The van der Waals surface area contributed by atoms with Crippen LogP contribution in [0.2, 0.25) is 0 Å². The second kappa shape index (κ2) is 27.3. The lowest BCUT2D eigenvalue weighted by molar-refractivity contribution is -0.265. The maximum Gasteiger partial charge on any atom is 0.329 e. The summed E-state index contributed by atoms with van der Waals surface area (Å²) in [4.78, 5) is 73.3. The Labute approximate surface area is 427 Å². The average Bonchev–Trinajstić information content (AvgIpc) is 3.90. The molecule has 1 saturated carbocycles. The zero-order valence-corrected chi connectivity index (χ0v) is 45.1. The van der Waals surface area contributed by atoms with E-state index in [1.807, 2.05) is 78.0 Å². The number of fused-ring (bicyclic) bond motifs is 3. The van der Waals surface area contributed by atoms with E-state index in [1.165, 1.54) is 12.0 Å². The van der Waals surface area contributed by atoms with Crippen molar-refractivity contribution in [3.05, 3.63) is 53.9 Å². The molecular formula is C55H85N5O12. The molecule has 1 aromatic heterocycles. The Hall–Kier alpha value is -4.26. The lowest BCUT2D eigenvalue weighted by Gasteiger charge is -2.42. The van der Waals surface area contributed by atoms with Crippen molar-refractivity contribution < 1.29 is 57.5 Å². The molecule has 0 radical (unpaired) electrons. The summed E-state index contributed by atoms with van der Waals surface area (Å²) >= 11 is 0. The fourth-order valence-corrected chi connectivity index (χ4v) is 11.2. The number of tetrazole rings is 1. The SMILES string of the molecule is CO[C@H]1C[C@@H]2CC[C@@H](C)[C@@](O)(O2)C(=O)C(=O)N2CCCC[C@H]2C(=O)O[C@H]([C@H](C)C[C@@H]2CC[C@H](n3cnnn3)[C@H](OC)C2)CC(=O)[C@H](C)/C=C(\C)[C@@H](OC(C)C)[C@@H](OC)C(=O)[C@H](C)C[C@H](C)/C=C/C=C/C=C/1C. The lowest BCUT2D eigenvalue weighted by Crippen LogP contribution is -2.61. The van der Waals surface area contributed by atoms with Gasteiger partial charge in [0.25, 0.3) is 11.7 Å². The maximum atomic E-state index is 14.6. The number of hydrogen-bond donors (Lipinski definition) is 1. The van der Waals surface area contributed by atoms with Crippen LogP contribution >= 0.6 is 0 Å². The van der Waals surface area contributed by atoms with Crippen LogP contribution < -0.4 is 0 Å². The number of methoxy groups -OCH3 is 3. The zero-order valence-electron chi connectivity index (χ0n) is 45.1. The highest BCUT2D eigenvalue weighted by molar-refractivity contribution is 6.39. The van der Waals surface area contributed by atoms with E-state index in [9.17, 15) is 29.1 Å². The van der Waals surface area contributed by atoms with Crippen LogP contribution in [0.3, 0.4) is 0 Å². The molecule has 1 aliphatic carbocycles. The maximum absolute atomic E-state index is 14.6. The van der Waals surface area contributed by atoms with Gasteiger partial charge in [-0.15, -0.1) is 5.10 Å². The molecule has 3 fully saturated rings. The van der Waals surface area contributed by atoms with E-state index in [0.717, 1.165) is 18.4 Å². The highest BCUT2D eigenvalue weighted by Gasteiger charge is 2.53. The standard InChI is InChI=1S/C55H85N5O12/c1-33(2)70-50-39(8)27-36(5)45(61)31-47(37(6)28-41-22-24-43(48(29-41)68-11)60-32-56-57-58-60)71-54(65)44-20-16-17-25-59(44)53(64)52(63)55(66)40(9)21-23-42(72-55)30-46(67-10)35(4)19-15-13-14-18-34(3)26-38(7)49(62)51(50)69-12/h13-15,18-19,27,32-34,36-38,40-44,46-48,50-51,66H,16-17,20-26,28-31H2,1-12H3/b15-13+,18-14+,35-19+,39-27+/t34-,36-,37-,38-,40-,41+,42+,43+,44+,46+,47+,48-,50-,51+,55-/m1/s1. The number of cyclic esters (lactones) is 1. The van der Waals surface area contributed by atoms with Gasteiger partial charge in [0.2, 0.25) is 5.79 Å². The minimum absolute atomic E-state index is 0.0442. The molecule has 72 heavy (non-hydrogen) atoms. The molecule has 4 aliphatic rings. The first-order valence-corrected chi connectivity index (χ1v) is 26.4. The number of aliphatic hydroxyl groups is 1. The van der Waals surface area contributed by atoms with E-state index in [-0.39, 0.29) is 72.9 Å². The van der Waals surface area contributed by atoms with Gasteiger partial charge in [0.1, 0.15) is 36.5 Å². The number of Topliss-reactive ketones (excluding diaryl/α,β-unsaturated/α-hetero) is 3. The van der Waals surface area contributed by atoms with Crippen molar-refractivity contribution in [2.24, 2.45) is 35.5 Å². The minimum Gasteiger partial charge on any atom is -0.460 e. The summed E-state index contributed by atoms with van der Waals surface area (Å²) in [5.74, 6) is -7.43. The van der Waals surface area contributed by atoms with Gasteiger partial charge in [-0.05, 0) is 131 Å². The van der Waals surface area contributed by atoms with Gasteiger partial charge in [0.05, 0.1) is 30.5 Å². The van der Waals surface area contributed by atoms with Crippen LogP contribution in [-0.2, 0) is 52.4 Å². The average molecular weight is 1010 g/mol. The third-order valence-corrected chi connectivity index (χ3v) is 15.6. The number of piperidine rings is 1. The monoisotopic (exact) mass is 1010 g/mol. The van der Waals surface area contributed by atoms with Crippen molar-refractivity contribution in [3.63, 3.8) is 0 Å². The van der Waals surface area contributed by atoms with Crippen LogP contribution in [0.5, 0.6) is 0 Å². The van der Waals surface area contributed by atoms with Crippen LogP contribution in [0, 0.1) is 35.5 Å². The molecule has 15 atom stereocenters. The second-order valence-corrected chi connectivity index (χ2v) is 21.5. The molecule has 2 bridgehead atoms. The number of ketones is 3. The van der Waals surface area contributed by atoms with Crippen molar-refractivity contribution in [3.8, 4) is 0 Å². The summed E-state index contributed by atoms with van der Waals surface area (Å²) in [6.07, 6.45) is 15.0. The zero-order chi connectivity index (χ0) is 52.9. The first-order valence-electron chi connectivity index (χ1n) is 26.4. The van der Waals surface area contributed by atoms with Gasteiger partial charge in [0.15, 0.2) is 5.78 Å². The second-order valence-electron chi connectivity index (χ2n) is 21.5. The Balaban J connectivity index is 1.50. The molecular weight excluding hydrogens is 923 g/mol. The Bertz CT molecular complexity index is 2090. The molecule has 1 aromatic rings. The molecule has 402 valence electrons. The number of amides is 1. The molecule has 1 N–H and O–H groups in total. The fraction of sp³-hybridized carbons (Fsp3) is 0.745. The lowest BCUT2D eigenvalue weighted by atomic mass is 9.77. The predicted molar refractivity (Wildman–Crippen MR) is 270 cm³/mol. The smallest absolute Gasteiger partial charge is 0.329 e. The van der Waals surface area contributed by atoms with Gasteiger partial charge in [-0.2, -0.15) is 0 Å².